The normalized spacial score (nSPS) is 10.9. The lowest BCUT2D eigenvalue weighted by atomic mass is 10.2. The van der Waals surface area contributed by atoms with Crippen molar-refractivity contribution in [2.45, 2.75) is 6.92 Å². The van der Waals surface area contributed by atoms with E-state index < -0.39 is 0 Å². The molecule has 0 unspecified atom stereocenters. The molecule has 3 nitrogen and oxygen atoms in total. The zero-order valence-electron chi connectivity index (χ0n) is 9.98. The zero-order chi connectivity index (χ0) is 13.8. The molecule has 6 heteroatoms. The van der Waals surface area contributed by atoms with E-state index in [9.17, 15) is 4.79 Å². The van der Waals surface area contributed by atoms with E-state index in [1.807, 2.05) is 17.5 Å². The second-order valence-corrected chi connectivity index (χ2v) is 5.49. The highest BCUT2D eigenvalue weighted by Crippen LogP contribution is 2.26. The summed E-state index contributed by atoms with van der Waals surface area (Å²) in [6.07, 6.45) is 3.20. The maximum atomic E-state index is 11.8. The van der Waals surface area contributed by atoms with Gasteiger partial charge < -0.3 is 5.32 Å². The second kappa shape index (κ2) is 6.19. The van der Waals surface area contributed by atoms with Gasteiger partial charge >= 0.3 is 0 Å². The van der Waals surface area contributed by atoms with Gasteiger partial charge in [-0.05, 0) is 36.1 Å². The highest BCUT2D eigenvalue weighted by molar-refractivity contribution is 7.10. The first-order chi connectivity index (χ1) is 9.06. The van der Waals surface area contributed by atoms with E-state index in [4.69, 9.17) is 23.2 Å². The molecule has 0 aromatic carbocycles. The quantitative estimate of drug-likeness (QED) is 0.673. The molecule has 2 aromatic rings. The Kier molecular flexibility index (Phi) is 4.58. The van der Waals surface area contributed by atoms with Gasteiger partial charge in [0.05, 0.1) is 5.69 Å². The molecule has 2 rings (SSSR count). The lowest BCUT2D eigenvalue weighted by Crippen LogP contribution is -2.10. The fourth-order valence-corrected chi connectivity index (χ4v) is 2.65. The van der Waals surface area contributed by atoms with Crippen LogP contribution in [0.3, 0.4) is 0 Å². The minimum absolute atomic E-state index is 0.183. The third kappa shape index (κ3) is 3.80. The molecule has 0 saturated carbocycles. The van der Waals surface area contributed by atoms with Crippen LogP contribution in [0.5, 0.6) is 0 Å². The third-order valence-corrected chi connectivity index (χ3v) is 3.64. The van der Waals surface area contributed by atoms with Gasteiger partial charge in [-0.3, -0.25) is 4.79 Å². The molecule has 0 aliphatic carbocycles. The Morgan fingerprint density at radius 2 is 2.26 bits per heavy atom. The van der Waals surface area contributed by atoms with Crippen LogP contribution in [0, 0.1) is 6.92 Å². The standard InChI is InChI=1S/C13H10Cl2N2OS/c1-8-7-10(14)16-13(15)12(8)17-11(18)5-4-9-3-2-6-19-9/h2-7H,1H3,(H,17,18)/b5-4+. The van der Waals surface area contributed by atoms with Crippen LogP contribution in [-0.4, -0.2) is 10.9 Å². The largest absolute Gasteiger partial charge is 0.320 e. The minimum Gasteiger partial charge on any atom is -0.320 e. The Morgan fingerprint density at radius 1 is 1.47 bits per heavy atom. The summed E-state index contributed by atoms with van der Waals surface area (Å²) >= 11 is 13.3. The molecular formula is C13H10Cl2N2OS. The number of thiophene rings is 1. The Morgan fingerprint density at radius 3 is 2.89 bits per heavy atom. The summed E-state index contributed by atoms with van der Waals surface area (Å²) in [5, 5.41) is 5.12. The molecule has 1 N–H and O–H groups in total. The lowest BCUT2D eigenvalue weighted by Gasteiger charge is -2.08. The number of aromatic nitrogens is 1. The molecule has 0 spiro atoms. The first-order valence-electron chi connectivity index (χ1n) is 5.41. The Hall–Kier alpha value is -1.36. The molecule has 2 heterocycles. The Bertz CT molecular complexity index is 601. The SMILES string of the molecule is Cc1cc(Cl)nc(Cl)c1NC(=O)/C=C/c1cccs1. The predicted octanol–water partition coefficient (Wildman–Crippen LogP) is 4.41. The van der Waals surface area contributed by atoms with E-state index in [2.05, 4.69) is 10.3 Å². The van der Waals surface area contributed by atoms with Crippen LogP contribution < -0.4 is 5.32 Å². The lowest BCUT2D eigenvalue weighted by molar-refractivity contribution is -0.111. The zero-order valence-corrected chi connectivity index (χ0v) is 12.3. The molecule has 0 radical (unpaired) electrons. The first kappa shape index (κ1) is 14.1. The van der Waals surface area contributed by atoms with Gasteiger partial charge in [0.2, 0.25) is 5.91 Å². The van der Waals surface area contributed by atoms with Gasteiger partial charge in [-0.25, -0.2) is 4.98 Å². The van der Waals surface area contributed by atoms with Crippen LogP contribution in [0.1, 0.15) is 10.4 Å². The number of pyridine rings is 1. The van der Waals surface area contributed by atoms with Gasteiger partial charge in [0.1, 0.15) is 5.15 Å². The highest BCUT2D eigenvalue weighted by atomic mass is 35.5. The van der Waals surface area contributed by atoms with Crippen LogP contribution in [0.15, 0.2) is 29.7 Å². The molecular weight excluding hydrogens is 303 g/mol. The molecule has 2 aromatic heterocycles. The number of aryl methyl sites for hydroxylation is 1. The second-order valence-electron chi connectivity index (χ2n) is 3.77. The number of anilines is 1. The number of carbonyl (C=O) groups excluding carboxylic acids is 1. The van der Waals surface area contributed by atoms with Crippen molar-refractivity contribution in [3.8, 4) is 0 Å². The molecule has 0 aliphatic rings. The van der Waals surface area contributed by atoms with E-state index in [1.54, 1.807) is 30.4 Å². The van der Waals surface area contributed by atoms with Crippen molar-refractivity contribution in [3.05, 3.63) is 50.4 Å². The maximum Gasteiger partial charge on any atom is 0.248 e. The smallest absolute Gasteiger partial charge is 0.248 e. The summed E-state index contributed by atoms with van der Waals surface area (Å²) < 4.78 is 0. The Balaban J connectivity index is 2.11. The van der Waals surface area contributed by atoms with Gasteiger partial charge in [0.15, 0.2) is 5.15 Å². The van der Waals surface area contributed by atoms with Crippen molar-refractivity contribution in [2.24, 2.45) is 0 Å². The third-order valence-electron chi connectivity index (χ3n) is 2.33. The summed E-state index contributed by atoms with van der Waals surface area (Å²) in [4.78, 5) is 16.7. The molecule has 0 saturated heterocycles. The molecule has 98 valence electrons. The molecule has 0 bridgehead atoms. The number of hydrogen-bond donors (Lipinski definition) is 1. The van der Waals surface area contributed by atoms with Crippen molar-refractivity contribution >= 4 is 52.2 Å². The Labute approximate surface area is 124 Å². The van der Waals surface area contributed by atoms with Gasteiger partial charge in [0.25, 0.3) is 0 Å². The fraction of sp³-hybridized carbons (Fsp3) is 0.0769. The number of carbonyl (C=O) groups is 1. The molecule has 0 atom stereocenters. The molecule has 19 heavy (non-hydrogen) atoms. The van der Waals surface area contributed by atoms with Crippen LogP contribution >= 0.6 is 34.5 Å². The van der Waals surface area contributed by atoms with Gasteiger partial charge in [-0.2, -0.15) is 0 Å². The van der Waals surface area contributed by atoms with E-state index in [1.165, 1.54) is 6.08 Å². The maximum absolute atomic E-state index is 11.8. The average Bonchev–Trinajstić information content (AvgIpc) is 2.84. The van der Waals surface area contributed by atoms with Crippen molar-refractivity contribution in [1.29, 1.82) is 0 Å². The topological polar surface area (TPSA) is 42.0 Å². The van der Waals surface area contributed by atoms with Gasteiger partial charge in [0, 0.05) is 11.0 Å². The average molecular weight is 313 g/mol. The number of nitrogens with one attached hydrogen (secondary N) is 1. The fourth-order valence-electron chi connectivity index (χ4n) is 1.45. The van der Waals surface area contributed by atoms with Crippen molar-refractivity contribution < 1.29 is 4.79 Å². The summed E-state index contributed by atoms with van der Waals surface area (Å²) in [5.74, 6) is -0.262. The van der Waals surface area contributed by atoms with Crippen molar-refractivity contribution in [2.75, 3.05) is 5.32 Å². The van der Waals surface area contributed by atoms with Crippen molar-refractivity contribution in [1.82, 2.24) is 4.98 Å². The minimum atomic E-state index is -0.262. The monoisotopic (exact) mass is 312 g/mol. The van der Waals surface area contributed by atoms with E-state index >= 15 is 0 Å². The van der Waals surface area contributed by atoms with Crippen LogP contribution in [-0.2, 0) is 4.79 Å². The van der Waals surface area contributed by atoms with Crippen molar-refractivity contribution in [3.63, 3.8) is 0 Å². The van der Waals surface area contributed by atoms with Crippen LogP contribution in [0.4, 0.5) is 5.69 Å². The molecule has 1 amide bonds. The number of amides is 1. The van der Waals surface area contributed by atoms with E-state index in [0.29, 0.717) is 10.8 Å². The number of nitrogens with zero attached hydrogens (tertiary/aromatic N) is 1. The highest BCUT2D eigenvalue weighted by Gasteiger charge is 2.09. The van der Waals surface area contributed by atoms with E-state index in [0.717, 1.165) is 10.4 Å². The van der Waals surface area contributed by atoms with Crippen LogP contribution in [0.2, 0.25) is 10.3 Å². The van der Waals surface area contributed by atoms with Crippen LogP contribution in [0.25, 0.3) is 6.08 Å². The number of rotatable bonds is 3. The summed E-state index contributed by atoms with van der Waals surface area (Å²) in [6.45, 7) is 1.80. The number of halogens is 2. The van der Waals surface area contributed by atoms with Gasteiger partial charge in [-0.1, -0.05) is 29.3 Å². The summed E-state index contributed by atoms with van der Waals surface area (Å²) in [6, 6.07) is 5.49. The van der Waals surface area contributed by atoms with Gasteiger partial charge in [-0.15, -0.1) is 11.3 Å². The molecule has 0 aliphatic heterocycles. The van der Waals surface area contributed by atoms with E-state index in [-0.39, 0.29) is 11.1 Å². The predicted molar refractivity (Wildman–Crippen MR) is 81.0 cm³/mol. The first-order valence-corrected chi connectivity index (χ1v) is 7.05. The molecule has 0 fully saturated rings. The summed E-state index contributed by atoms with van der Waals surface area (Å²) in [5.41, 5.74) is 1.25. The number of hydrogen-bond acceptors (Lipinski definition) is 3. The summed E-state index contributed by atoms with van der Waals surface area (Å²) in [7, 11) is 0.